The number of rotatable bonds is 7. The molecule has 1 N–H and O–H groups in total. The van der Waals surface area contributed by atoms with E-state index >= 15 is 0 Å². The van der Waals surface area contributed by atoms with Gasteiger partial charge in [-0.15, -0.1) is 0 Å². The summed E-state index contributed by atoms with van der Waals surface area (Å²) in [5.41, 5.74) is 0. The van der Waals surface area contributed by atoms with Gasteiger partial charge in [0, 0.05) is 6.61 Å². The Balaban J connectivity index is 2.27. The summed E-state index contributed by atoms with van der Waals surface area (Å²) in [5, 5.41) is 10.2. The van der Waals surface area contributed by atoms with Gasteiger partial charge in [-0.25, -0.2) is 0 Å². The van der Waals surface area contributed by atoms with Crippen molar-refractivity contribution in [2.45, 2.75) is 77.9 Å². The Morgan fingerprint density at radius 3 is 2.35 bits per heavy atom. The van der Waals surface area contributed by atoms with Crippen molar-refractivity contribution in [3.05, 3.63) is 0 Å². The summed E-state index contributed by atoms with van der Waals surface area (Å²) in [6.07, 6.45) is 8.75. The monoisotopic (exact) mass is 242 g/mol. The second kappa shape index (κ2) is 8.10. The van der Waals surface area contributed by atoms with Crippen molar-refractivity contribution in [2.24, 2.45) is 11.8 Å². The molecule has 17 heavy (non-hydrogen) atoms. The van der Waals surface area contributed by atoms with E-state index in [1.54, 1.807) is 0 Å². The van der Waals surface area contributed by atoms with Crippen molar-refractivity contribution in [3.8, 4) is 0 Å². The van der Waals surface area contributed by atoms with Crippen LogP contribution in [-0.2, 0) is 4.74 Å². The van der Waals surface area contributed by atoms with Crippen LogP contribution in [0.2, 0.25) is 0 Å². The van der Waals surface area contributed by atoms with E-state index in [2.05, 4.69) is 13.8 Å². The zero-order valence-electron chi connectivity index (χ0n) is 11.8. The Kier molecular flexibility index (Phi) is 7.14. The summed E-state index contributed by atoms with van der Waals surface area (Å²) in [6.45, 7) is 6.96. The van der Waals surface area contributed by atoms with Crippen LogP contribution < -0.4 is 0 Å². The predicted octanol–water partition coefficient (Wildman–Crippen LogP) is 3.77. The van der Waals surface area contributed by atoms with Gasteiger partial charge in [0.15, 0.2) is 0 Å². The van der Waals surface area contributed by atoms with Crippen LogP contribution in [0.15, 0.2) is 0 Å². The molecule has 1 rings (SSSR count). The maximum Gasteiger partial charge on any atom is 0.0856 e. The molecule has 0 spiro atoms. The second-order valence-corrected chi connectivity index (χ2v) is 5.81. The SMILES string of the molecule is CCOC(C(C)C)C(O)CCC1CCCCC1. The maximum absolute atomic E-state index is 10.2. The first-order valence-corrected chi connectivity index (χ1v) is 7.44. The van der Waals surface area contributed by atoms with Crippen molar-refractivity contribution < 1.29 is 9.84 Å². The predicted molar refractivity (Wildman–Crippen MR) is 72.1 cm³/mol. The van der Waals surface area contributed by atoms with E-state index in [-0.39, 0.29) is 12.2 Å². The number of ether oxygens (including phenoxy) is 1. The van der Waals surface area contributed by atoms with Gasteiger partial charge in [-0.1, -0.05) is 46.0 Å². The fourth-order valence-electron chi connectivity index (χ4n) is 2.99. The molecule has 0 bridgehead atoms. The topological polar surface area (TPSA) is 29.5 Å². The third-order valence-corrected chi connectivity index (χ3v) is 3.99. The fraction of sp³-hybridized carbons (Fsp3) is 1.00. The first kappa shape index (κ1) is 15.0. The molecule has 0 aromatic carbocycles. The lowest BCUT2D eigenvalue weighted by Crippen LogP contribution is -2.34. The Hall–Kier alpha value is -0.0800. The van der Waals surface area contributed by atoms with Crippen LogP contribution in [0.25, 0.3) is 0 Å². The molecule has 0 amide bonds. The van der Waals surface area contributed by atoms with Crippen LogP contribution in [0.4, 0.5) is 0 Å². The van der Waals surface area contributed by atoms with Crippen LogP contribution in [0.3, 0.4) is 0 Å². The minimum absolute atomic E-state index is 0.0172. The highest BCUT2D eigenvalue weighted by molar-refractivity contribution is 4.75. The van der Waals surface area contributed by atoms with Gasteiger partial charge in [0.2, 0.25) is 0 Å². The van der Waals surface area contributed by atoms with E-state index in [0.717, 1.165) is 12.3 Å². The molecule has 2 heteroatoms. The van der Waals surface area contributed by atoms with Gasteiger partial charge in [0.25, 0.3) is 0 Å². The fourth-order valence-corrected chi connectivity index (χ4v) is 2.99. The molecule has 2 atom stereocenters. The molecule has 1 saturated carbocycles. The van der Waals surface area contributed by atoms with E-state index in [1.165, 1.54) is 38.5 Å². The molecule has 102 valence electrons. The van der Waals surface area contributed by atoms with Gasteiger partial charge in [-0.2, -0.15) is 0 Å². The third-order valence-electron chi connectivity index (χ3n) is 3.99. The van der Waals surface area contributed by atoms with E-state index in [0.29, 0.717) is 12.5 Å². The smallest absolute Gasteiger partial charge is 0.0856 e. The molecule has 1 aliphatic rings. The van der Waals surface area contributed by atoms with Crippen LogP contribution in [0.5, 0.6) is 0 Å². The van der Waals surface area contributed by atoms with Gasteiger partial charge >= 0.3 is 0 Å². The Morgan fingerprint density at radius 1 is 1.18 bits per heavy atom. The molecule has 1 fully saturated rings. The summed E-state index contributed by atoms with van der Waals surface area (Å²) in [5.74, 6) is 1.25. The second-order valence-electron chi connectivity index (χ2n) is 5.81. The van der Waals surface area contributed by atoms with Crippen LogP contribution in [0, 0.1) is 11.8 Å². The number of aliphatic hydroxyl groups excluding tert-OH is 1. The number of aliphatic hydroxyl groups is 1. The standard InChI is InChI=1S/C15H30O2/c1-4-17-15(12(2)3)14(16)11-10-13-8-6-5-7-9-13/h12-16H,4-11H2,1-3H3. The van der Waals surface area contributed by atoms with Crippen molar-refractivity contribution in [1.82, 2.24) is 0 Å². The van der Waals surface area contributed by atoms with E-state index in [9.17, 15) is 5.11 Å². The molecule has 0 heterocycles. The summed E-state index contributed by atoms with van der Waals surface area (Å²) in [7, 11) is 0. The van der Waals surface area contributed by atoms with Crippen LogP contribution >= 0.6 is 0 Å². The van der Waals surface area contributed by atoms with Gasteiger partial charge in [0.1, 0.15) is 0 Å². The van der Waals surface area contributed by atoms with Gasteiger partial charge < -0.3 is 9.84 Å². The molecular formula is C15H30O2. The number of hydrogen-bond donors (Lipinski definition) is 1. The lowest BCUT2D eigenvalue weighted by molar-refractivity contribution is -0.0617. The third kappa shape index (κ3) is 5.39. The minimum atomic E-state index is -0.281. The average Bonchev–Trinajstić information content (AvgIpc) is 2.34. The lowest BCUT2D eigenvalue weighted by Gasteiger charge is -2.28. The Morgan fingerprint density at radius 2 is 1.82 bits per heavy atom. The Bertz CT molecular complexity index is 185. The van der Waals surface area contributed by atoms with Gasteiger partial charge in [0.05, 0.1) is 12.2 Å². The molecule has 1 aliphatic carbocycles. The van der Waals surface area contributed by atoms with Gasteiger partial charge in [-0.05, 0) is 31.6 Å². The van der Waals surface area contributed by atoms with Crippen molar-refractivity contribution in [2.75, 3.05) is 6.61 Å². The molecule has 2 unspecified atom stereocenters. The molecule has 0 saturated heterocycles. The highest BCUT2D eigenvalue weighted by atomic mass is 16.5. The lowest BCUT2D eigenvalue weighted by atomic mass is 9.84. The highest BCUT2D eigenvalue weighted by Gasteiger charge is 2.24. The maximum atomic E-state index is 10.2. The Labute approximate surface area is 107 Å². The molecule has 0 aromatic rings. The number of hydrogen-bond acceptors (Lipinski definition) is 2. The van der Waals surface area contributed by atoms with E-state index in [1.807, 2.05) is 6.92 Å². The zero-order valence-corrected chi connectivity index (χ0v) is 11.8. The first-order valence-electron chi connectivity index (χ1n) is 7.44. The summed E-state index contributed by atoms with van der Waals surface area (Å²) < 4.78 is 5.66. The van der Waals surface area contributed by atoms with Crippen LogP contribution in [0.1, 0.15) is 65.7 Å². The minimum Gasteiger partial charge on any atom is -0.390 e. The molecular weight excluding hydrogens is 212 g/mol. The summed E-state index contributed by atoms with van der Waals surface area (Å²) in [4.78, 5) is 0. The zero-order chi connectivity index (χ0) is 12.7. The first-order chi connectivity index (χ1) is 8.15. The quantitative estimate of drug-likeness (QED) is 0.736. The van der Waals surface area contributed by atoms with Crippen molar-refractivity contribution in [3.63, 3.8) is 0 Å². The van der Waals surface area contributed by atoms with E-state index in [4.69, 9.17) is 4.74 Å². The summed E-state index contributed by atoms with van der Waals surface area (Å²) in [6, 6.07) is 0. The average molecular weight is 242 g/mol. The largest absolute Gasteiger partial charge is 0.390 e. The van der Waals surface area contributed by atoms with Crippen LogP contribution in [-0.4, -0.2) is 23.9 Å². The normalized spacial score (nSPS) is 21.7. The van der Waals surface area contributed by atoms with Crippen molar-refractivity contribution in [1.29, 1.82) is 0 Å². The molecule has 2 nitrogen and oxygen atoms in total. The van der Waals surface area contributed by atoms with Gasteiger partial charge in [-0.3, -0.25) is 0 Å². The van der Waals surface area contributed by atoms with E-state index < -0.39 is 0 Å². The molecule has 0 aromatic heterocycles. The molecule has 0 radical (unpaired) electrons. The molecule has 0 aliphatic heterocycles. The summed E-state index contributed by atoms with van der Waals surface area (Å²) >= 11 is 0. The highest BCUT2D eigenvalue weighted by Crippen LogP contribution is 2.28. The van der Waals surface area contributed by atoms with Crippen molar-refractivity contribution >= 4 is 0 Å².